The number of aryl methyl sites for hydroxylation is 1. The van der Waals surface area contributed by atoms with E-state index in [9.17, 15) is 4.79 Å². The van der Waals surface area contributed by atoms with Gasteiger partial charge in [0, 0.05) is 31.0 Å². The van der Waals surface area contributed by atoms with Gasteiger partial charge in [0.05, 0.1) is 6.61 Å². The minimum Gasteiger partial charge on any atom is -0.494 e. The van der Waals surface area contributed by atoms with Gasteiger partial charge in [-0.05, 0) is 43.2 Å². The zero-order chi connectivity index (χ0) is 19.5. The molecule has 1 fully saturated rings. The molecule has 6 nitrogen and oxygen atoms in total. The predicted molar refractivity (Wildman–Crippen MR) is 105 cm³/mol. The number of ether oxygens (including phenoxy) is 1. The highest BCUT2D eigenvalue weighted by molar-refractivity contribution is 5.79. The predicted octanol–water partition coefficient (Wildman–Crippen LogP) is 3.96. The molecule has 0 spiro atoms. The number of nitrogens with zero attached hydrogens (tertiary/aromatic N) is 3. The molecule has 0 radical (unpaired) electrons. The third-order valence-corrected chi connectivity index (χ3v) is 4.98. The van der Waals surface area contributed by atoms with Crippen LogP contribution in [0.15, 0.2) is 53.1 Å². The fourth-order valence-electron chi connectivity index (χ4n) is 3.54. The van der Waals surface area contributed by atoms with Gasteiger partial charge >= 0.3 is 0 Å². The Balaban J connectivity index is 1.47. The largest absolute Gasteiger partial charge is 0.494 e. The summed E-state index contributed by atoms with van der Waals surface area (Å²) in [5, 5.41) is 4.15. The molecule has 1 unspecified atom stereocenters. The lowest BCUT2D eigenvalue weighted by atomic mass is 10.1. The van der Waals surface area contributed by atoms with E-state index < -0.39 is 0 Å². The first-order valence-corrected chi connectivity index (χ1v) is 9.53. The van der Waals surface area contributed by atoms with E-state index in [1.54, 1.807) is 0 Å². The quantitative estimate of drug-likeness (QED) is 0.650. The van der Waals surface area contributed by atoms with Crippen LogP contribution >= 0.6 is 0 Å². The van der Waals surface area contributed by atoms with Crippen LogP contribution in [-0.2, 0) is 11.3 Å². The smallest absolute Gasteiger partial charge is 0.258 e. The summed E-state index contributed by atoms with van der Waals surface area (Å²) < 4.78 is 11.0. The van der Waals surface area contributed by atoms with Crippen LogP contribution in [0.25, 0.3) is 11.5 Å². The van der Waals surface area contributed by atoms with Crippen molar-refractivity contribution < 1.29 is 14.1 Å². The molecule has 1 aliphatic rings. The minimum absolute atomic E-state index is 0.0518. The van der Waals surface area contributed by atoms with Crippen molar-refractivity contribution in [1.29, 1.82) is 0 Å². The van der Waals surface area contributed by atoms with E-state index in [-0.39, 0.29) is 11.8 Å². The van der Waals surface area contributed by atoms with Gasteiger partial charge in [-0.25, -0.2) is 0 Å². The van der Waals surface area contributed by atoms with Crippen LogP contribution in [0.5, 0.6) is 5.75 Å². The zero-order valence-corrected chi connectivity index (χ0v) is 16.1. The van der Waals surface area contributed by atoms with Crippen LogP contribution in [-0.4, -0.2) is 34.1 Å². The summed E-state index contributed by atoms with van der Waals surface area (Å²) in [6.45, 7) is 5.73. The number of benzene rings is 2. The minimum atomic E-state index is -0.0518. The van der Waals surface area contributed by atoms with Crippen molar-refractivity contribution in [2.75, 3.05) is 13.2 Å². The van der Waals surface area contributed by atoms with E-state index in [0.29, 0.717) is 37.8 Å². The molecule has 0 bridgehead atoms. The maximum atomic E-state index is 12.5. The van der Waals surface area contributed by atoms with E-state index in [1.807, 2.05) is 67.3 Å². The van der Waals surface area contributed by atoms with Gasteiger partial charge in [-0.15, -0.1) is 0 Å². The Kier molecular flexibility index (Phi) is 5.10. The van der Waals surface area contributed by atoms with Crippen molar-refractivity contribution in [3.63, 3.8) is 0 Å². The second-order valence-electron chi connectivity index (χ2n) is 7.03. The van der Waals surface area contributed by atoms with Crippen LogP contribution in [0.2, 0.25) is 0 Å². The Bertz CT molecular complexity index is 982. The molecule has 144 valence electrons. The molecular formula is C22H23N3O3. The summed E-state index contributed by atoms with van der Waals surface area (Å²) in [4.78, 5) is 18.9. The molecule has 1 aliphatic heterocycles. The van der Waals surface area contributed by atoms with Gasteiger partial charge in [-0.1, -0.05) is 35.5 Å². The fraction of sp³-hybridized carbons (Fsp3) is 0.318. The van der Waals surface area contributed by atoms with Crippen molar-refractivity contribution in [3.8, 4) is 17.2 Å². The third kappa shape index (κ3) is 3.76. The Hall–Kier alpha value is -3.15. The van der Waals surface area contributed by atoms with Gasteiger partial charge in [-0.2, -0.15) is 4.98 Å². The maximum Gasteiger partial charge on any atom is 0.258 e. The summed E-state index contributed by atoms with van der Waals surface area (Å²) in [5.74, 6) is 1.97. The molecule has 3 aromatic rings. The van der Waals surface area contributed by atoms with E-state index in [0.717, 1.165) is 22.4 Å². The topological polar surface area (TPSA) is 68.5 Å². The summed E-state index contributed by atoms with van der Waals surface area (Å²) in [7, 11) is 0. The van der Waals surface area contributed by atoms with Crippen LogP contribution in [0.4, 0.5) is 0 Å². The number of carbonyl (C=O) groups excluding carboxylic acids is 1. The monoisotopic (exact) mass is 377 g/mol. The lowest BCUT2D eigenvalue weighted by Crippen LogP contribution is -2.24. The van der Waals surface area contributed by atoms with Gasteiger partial charge in [0.25, 0.3) is 5.89 Å². The summed E-state index contributed by atoms with van der Waals surface area (Å²) in [5.41, 5.74) is 3.06. The van der Waals surface area contributed by atoms with Crippen molar-refractivity contribution >= 4 is 5.91 Å². The first-order chi connectivity index (χ1) is 13.6. The fourth-order valence-corrected chi connectivity index (χ4v) is 3.54. The number of hydrogen-bond donors (Lipinski definition) is 0. The van der Waals surface area contributed by atoms with E-state index in [4.69, 9.17) is 9.26 Å². The van der Waals surface area contributed by atoms with Crippen molar-refractivity contribution in [2.24, 2.45) is 0 Å². The SMILES string of the molecule is CCOc1cccc(CN2CC(c3noc(-c4ccccc4C)n3)CC2=O)c1. The highest BCUT2D eigenvalue weighted by Gasteiger charge is 2.33. The van der Waals surface area contributed by atoms with Crippen LogP contribution in [0.1, 0.15) is 36.2 Å². The molecule has 6 heteroatoms. The Morgan fingerprint density at radius 2 is 2.07 bits per heavy atom. The second kappa shape index (κ2) is 7.84. The maximum absolute atomic E-state index is 12.5. The Labute approximate surface area is 164 Å². The zero-order valence-electron chi connectivity index (χ0n) is 16.1. The molecule has 1 atom stereocenters. The molecule has 0 N–H and O–H groups in total. The summed E-state index contributed by atoms with van der Waals surface area (Å²) >= 11 is 0. The molecule has 1 amide bonds. The lowest BCUT2D eigenvalue weighted by Gasteiger charge is -2.16. The van der Waals surface area contributed by atoms with Crippen LogP contribution < -0.4 is 4.74 Å². The van der Waals surface area contributed by atoms with Crippen molar-refractivity contribution in [2.45, 2.75) is 32.7 Å². The molecule has 2 heterocycles. The highest BCUT2D eigenvalue weighted by atomic mass is 16.5. The number of amides is 1. The average molecular weight is 377 g/mol. The molecule has 4 rings (SSSR count). The van der Waals surface area contributed by atoms with E-state index >= 15 is 0 Å². The van der Waals surface area contributed by atoms with Gasteiger partial charge in [0.15, 0.2) is 5.82 Å². The molecule has 0 saturated carbocycles. The Morgan fingerprint density at radius 3 is 2.89 bits per heavy atom. The number of carbonyl (C=O) groups is 1. The van der Waals surface area contributed by atoms with Crippen molar-refractivity contribution in [1.82, 2.24) is 15.0 Å². The van der Waals surface area contributed by atoms with Crippen molar-refractivity contribution in [3.05, 3.63) is 65.5 Å². The molecule has 1 saturated heterocycles. The summed E-state index contributed by atoms with van der Waals surface area (Å²) in [6, 6.07) is 15.8. The molecule has 1 aromatic heterocycles. The van der Waals surface area contributed by atoms with Gasteiger partial charge in [0.1, 0.15) is 5.75 Å². The summed E-state index contributed by atoms with van der Waals surface area (Å²) in [6.07, 6.45) is 0.401. The third-order valence-electron chi connectivity index (χ3n) is 4.98. The van der Waals surface area contributed by atoms with Gasteiger partial charge in [0.2, 0.25) is 5.91 Å². The molecular weight excluding hydrogens is 354 g/mol. The first-order valence-electron chi connectivity index (χ1n) is 9.53. The van der Waals surface area contributed by atoms with Gasteiger partial charge in [-0.3, -0.25) is 4.79 Å². The first kappa shape index (κ1) is 18.2. The number of rotatable bonds is 6. The average Bonchev–Trinajstić information content (AvgIpc) is 3.30. The van der Waals surface area contributed by atoms with Crippen LogP contribution in [0.3, 0.4) is 0 Å². The van der Waals surface area contributed by atoms with E-state index in [2.05, 4.69) is 10.1 Å². The Morgan fingerprint density at radius 1 is 1.21 bits per heavy atom. The number of hydrogen-bond acceptors (Lipinski definition) is 5. The van der Waals surface area contributed by atoms with E-state index in [1.165, 1.54) is 0 Å². The molecule has 2 aromatic carbocycles. The standard InChI is InChI=1S/C22H23N3O3/c1-3-27-18-9-6-8-16(11-18)13-25-14-17(12-20(25)26)21-23-22(28-24-21)19-10-5-4-7-15(19)2/h4-11,17H,3,12-14H2,1-2H3. The number of likely N-dealkylation sites (tertiary alicyclic amines) is 1. The second-order valence-corrected chi connectivity index (χ2v) is 7.03. The van der Waals surface area contributed by atoms with Gasteiger partial charge < -0.3 is 14.2 Å². The molecule has 0 aliphatic carbocycles. The normalized spacial score (nSPS) is 16.6. The molecule has 28 heavy (non-hydrogen) atoms. The van der Waals surface area contributed by atoms with Crippen LogP contribution in [0, 0.1) is 6.92 Å². The highest BCUT2D eigenvalue weighted by Crippen LogP contribution is 2.30. The lowest BCUT2D eigenvalue weighted by molar-refractivity contribution is -0.128. The number of aromatic nitrogens is 2.